The summed E-state index contributed by atoms with van der Waals surface area (Å²) in [6.45, 7) is 2.09. The molecule has 0 saturated carbocycles. The van der Waals surface area contributed by atoms with Crippen molar-refractivity contribution < 1.29 is 5.11 Å². The van der Waals surface area contributed by atoms with Crippen molar-refractivity contribution in [3.8, 4) is 0 Å². The third-order valence-electron chi connectivity index (χ3n) is 3.08. The SMILES string of the molecule is CSc1ncc(CO)c(N2CCCCCC2)n1. The number of thioether (sulfide) groups is 1. The van der Waals surface area contributed by atoms with Gasteiger partial charge >= 0.3 is 0 Å². The lowest BCUT2D eigenvalue weighted by molar-refractivity contribution is 0.280. The molecule has 17 heavy (non-hydrogen) atoms. The topological polar surface area (TPSA) is 49.3 Å². The molecule has 4 nitrogen and oxygen atoms in total. The van der Waals surface area contributed by atoms with Crippen LogP contribution < -0.4 is 4.90 Å². The van der Waals surface area contributed by atoms with E-state index >= 15 is 0 Å². The van der Waals surface area contributed by atoms with Crippen molar-refractivity contribution >= 4 is 17.6 Å². The summed E-state index contributed by atoms with van der Waals surface area (Å²) in [6, 6.07) is 0. The lowest BCUT2D eigenvalue weighted by Gasteiger charge is -2.23. The Bertz CT molecular complexity index is 365. The Balaban J connectivity index is 2.26. The number of aromatic nitrogens is 2. The zero-order valence-electron chi connectivity index (χ0n) is 10.2. The number of hydrogen-bond acceptors (Lipinski definition) is 5. The second-order valence-corrected chi connectivity index (χ2v) is 5.04. The Labute approximate surface area is 106 Å². The number of anilines is 1. The van der Waals surface area contributed by atoms with Crippen molar-refractivity contribution in [3.63, 3.8) is 0 Å². The molecule has 1 aliphatic rings. The highest BCUT2D eigenvalue weighted by molar-refractivity contribution is 7.98. The highest BCUT2D eigenvalue weighted by Crippen LogP contribution is 2.23. The Kier molecular flexibility index (Phi) is 4.62. The predicted molar refractivity (Wildman–Crippen MR) is 70.4 cm³/mol. The largest absolute Gasteiger partial charge is 0.391 e. The van der Waals surface area contributed by atoms with Gasteiger partial charge in [0, 0.05) is 24.8 Å². The number of rotatable bonds is 3. The van der Waals surface area contributed by atoms with Crippen LogP contribution in [0.1, 0.15) is 31.2 Å². The van der Waals surface area contributed by atoms with E-state index in [4.69, 9.17) is 0 Å². The molecular formula is C12H19N3OS. The molecule has 0 bridgehead atoms. The summed E-state index contributed by atoms with van der Waals surface area (Å²) >= 11 is 1.54. The van der Waals surface area contributed by atoms with Crippen LogP contribution in [0.5, 0.6) is 0 Å². The Hall–Kier alpha value is -0.810. The Morgan fingerprint density at radius 3 is 2.59 bits per heavy atom. The molecule has 94 valence electrons. The molecule has 1 aromatic heterocycles. The van der Waals surface area contributed by atoms with E-state index in [1.807, 2.05) is 6.26 Å². The fraction of sp³-hybridized carbons (Fsp3) is 0.667. The summed E-state index contributed by atoms with van der Waals surface area (Å²) in [4.78, 5) is 11.0. The van der Waals surface area contributed by atoms with Crippen LogP contribution in [0.15, 0.2) is 11.4 Å². The van der Waals surface area contributed by atoms with Gasteiger partial charge in [-0.2, -0.15) is 0 Å². The average molecular weight is 253 g/mol. The van der Waals surface area contributed by atoms with Gasteiger partial charge in [0.25, 0.3) is 0 Å². The van der Waals surface area contributed by atoms with Crippen molar-refractivity contribution in [1.29, 1.82) is 0 Å². The molecule has 0 radical (unpaired) electrons. The van der Waals surface area contributed by atoms with Crippen LogP contribution in [0.4, 0.5) is 5.82 Å². The number of nitrogens with zero attached hydrogens (tertiary/aromatic N) is 3. The predicted octanol–water partition coefficient (Wildman–Crippen LogP) is 2.07. The summed E-state index contributed by atoms with van der Waals surface area (Å²) in [5.74, 6) is 0.925. The van der Waals surface area contributed by atoms with E-state index in [2.05, 4.69) is 14.9 Å². The molecule has 1 saturated heterocycles. The van der Waals surface area contributed by atoms with Gasteiger partial charge in [-0.15, -0.1) is 0 Å². The maximum absolute atomic E-state index is 9.37. The van der Waals surface area contributed by atoms with E-state index < -0.39 is 0 Å². The fourth-order valence-corrected chi connectivity index (χ4v) is 2.48. The standard InChI is InChI=1S/C12H19N3OS/c1-17-12-13-8-10(9-16)11(14-12)15-6-4-2-3-5-7-15/h8,16H,2-7,9H2,1H3. The minimum Gasteiger partial charge on any atom is -0.391 e. The van der Waals surface area contributed by atoms with Crippen molar-refractivity contribution in [3.05, 3.63) is 11.8 Å². The van der Waals surface area contributed by atoms with Gasteiger partial charge in [0.15, 0.2) is 5.16 Å². The minimum atomic E-state index is 0.0144. The molecule has 1 aliphatic heterocycles. The Morgan fingerprint density at radius 2 is 2.00 bits per heavy atom. The van der Waals surface area contributed by atoms with Gasteiger partial charge in [-0.3, -0.25) is 0 Å². The molecule has 2 rings (SSSR count). The second-order valence-electron chi connectivity index (χ2n) is 4.26. The molecule has 0 aliphatic carbocycles. The van der Waals surface area contributed by atoms with E-state index in [9.17, 15) is 5.11 Å². The average Bonchev–Trinajstić information content (AvgIpc) is 2.66. The van der Waals surface area contributed by atoms with Crippen LogP contribution in [0, 0.1) is 0 Å². The van der Waals surface area contributed by atoms with E-state index in [0.29, 0.717) is 0 Å². The highest BCUT2D eigenvalue weighted by atomic mass is 32.2. The summed E-state index contributed by atoms with van der Waals surface area (Å²) in [5, 5.41) is 10.1. The molecule has 1 N–H and O–H groups in total. The zero-order valence-corrected chi connectivity index (χ0v) is 11.0. The van der Waals surface area contributed by atoms with Crippen LogP contribution in [0.2, 0.25) is 0 Å². The van der Waals surface area contributed by atoms with Gasteiger partial charge in [0.2, 0.25) is 0 Å². The first-order valence-electron chi connectivity index (χ1n) is 6.11. The highest BCUT2D eigenvalue weighted by Gasteiger charge is 2.15. The summed E-state index contributed by atoms with van der Waals surface area (Å²) in [6.07, 6.45) is 8.74. The molecule has 1 aromatic rings. The molecular weight excluding hydrogens is 234 g/mol. The van der Waals surface area contributed by atoms with E-state index in [1.54, 1.807) is 18.0 Å². The number of hydrogen-bond donors (Lipinski definition) is 1. The Morgan fingerprint density at radius 1 is 1.29 bits per heavy atom. The van der Waals surface area contributed by atoms with E-state index in [1.165, 1.54) is 25.7 Å². The summed E-state index contributed by atoms with van der Waals surface area (Å²) in [7, 11) is 0. The number of aliphatic hydroxyl groups is 1. The van der Waals surface area contributed by atoms with Crippen molar-refractivity contribution in [1.82, 2.24) is 9.97 Å². The second kappa shape index (κ2) is 6.21. The number of aliphatic hydroxyl groups excluding tert-OH is 1. The van der Waals surface area contributed by atoms with Crippen molar-refractivity contribution in [2.24, 2.45) is 0 Å². The van der Waals surface area contributed by atoms with Crippen LogP contribution in [0.25, 0.3) is 0 Å². The van der Waals surface area contributed by atoms with Crippen molar-refractivity contribution in [2.75, 3.05) is 24.2 Å². The molecule has 0 amide bonds. The van der Waals surface area contributed by atoms with Gasteiger partial charge < -0.3 is 10.0 Å². The first-order chi connectivity index (χ1) is 8.35. The van der Waals surface area contributed by atoms with Crippen LogP contribution in [0.3, 0.4) is 0 Å². The lowest BCUT2D eigenvalue weighted by atomic mass is 10.2. The first kappa shape index (κ1) is 12.6. The van der Waals surface area contributed by atoms with Crippen LogP contribution in [-0.4, -0.2) is 34.4 Å². The molecule has 0 unspecified atom stereocenters. The van der Waals surface area contributed by atoms with Gasteiger partial charge in [0.05, 0.1) is 6.61 Å². The molecule has 0 aromatic carbocycles. The maximum Gasteiger partial charge on any atom is 0.189 e. The smallest absolute Gasteiger partial charge is 0.189 e. The third kappa shape index (κ3) is 3.10. The minimum absolute atomic E-state index is 0.0144. The van der Waals surface area contributed by atoms with Crippen LogP contribution >= 0.6 is 11.8 Å². The quantitative estimate of drug-likeness (QED) is 0.660. The third-order valence-corrected chi connectivity index (χ3v) is 3.64. The molecule has 0 atom stereocenters. The first-order valence-corrected chi connectivity index (χ1v) is 7.33. The van der Waals surface area contributed by atoms with Crippen molar-refractivity contribution in [2.45, 2.75) is 37.4 Å². The molecule has 0 spiro atoms. The fourth-order valence-electron chi connectivity index (χ4n) is 2.15. The van der Waals surface area contributed by atoms with E-state index in [0.717, 1.165) is 29.6 Å². The zero-order chi connectivity index (χ0) is 12.1. The molecule has 5 heteroatoms. The van der Waals surface area contributed by atoms with Gasteiger partial charge in [0.1, 0.15) is 5.82 Å². The lowest BCUT2D eigenvalue weighted by Crippen LogP contribution is -2.26. The maximum atomic E-state index is 9.37. The summed E-state index contributed by atoms with van der Waals surface area (Å²) in [5.41, 5.74) is 0.838. The molecule has 2 heterocycles. The molecule has 1 fully saturated rings. The van der Waals surface area contributed by atoms with Gasteiger partial charge in [-0.25, -0.2) is 9.97 Å². The van der Waals surface area contributed by atoms with E-state index in [-0.39, 0.29) is 6.61 Å². The van der Waals surface area contributed by atoms with Gasteiger partial charge in [-0.1, -0.05) is 24.6 Å². The summed E-state index contributed by atoms with van der Waals surface area (Å²) < 4.78 is 0. The normalized spacial score (nSPS) is 16.9. The van der Waals surface area contributed by atoms with Gasteiger partial charge in [-0.05, 0) is 19.1 Å². The van der Waals surface area contributed by atoms with Crippen LogP contribution in [-0.2, 0) is 6.61 Å². The monoisotopic (exact) mass is 253 g/mol.